The van der Waals surface area contributed by atoms with Crippen LogP contribution in [0.2, 0.25) is 0 Å². The van der Waals surface area contributed by atoms with Gasteiger partial charge in [0.2, 0.25) is 5.91 Å². The maximum atomic E-state index is 12.5. The average molecular weight is 397 g/mol. The molecular formula is C21H24N4O2S. The van der Waals surface area contributed by atoms with E-state index in [9.17, 15) is 4.79 Å². The number of thiazole rings is 1. The third kappa shape index (κ3) is 4.94. The van der Waals surface area contributed by atoms with Gasteiger partial charge in [-0.3, -0.25) is 9.78 Å². The summed E-state index contributed by atoms with van der Waals surface area (Å²) in [5.41, 5.74) is 2.62. The molecule has 146 valence electrons. The van der Waals surface area contributed by atoms with Gasteiger partial charge < -0.3 is 15.0 Å². The molecule has 0 radical (unpaired) electrons. The van der Waals surface area contributed by atoms with Gasteiger partial charge in [-0.25, -0.2) is 4.98 Å². The van der Waals surface area contributed by atoms with Gasteiger partial charge in [0, 0.05) is 23.7 Å². The summed E-state index contributed by atoms with van der Waals surface area (Å²) in [4.78, 5) is 23.4. The molecular weight excluding hydrogens is 372 g/mol. The van der Waals surface area contributed by atoms with E-state index in [2.05, 4.69) is 20.2 Å². The van der Waals surface area contributed by atoms with E-state index in [1.54, 1.807) is 13.3 Å². The third-order valence-electron chi connectivity index (χ3n) is 4.39. The zero-order valence-electron chi connectivity index (χ0n) is 16.3. The van der Waals surface area contributed by atoms with Crippen molar-refractivity contribution in [2.45, 2.75) is 12.5 Å². The smallest absolute Gasteiger partial charge is 0.226 e. The number of likely N-dealkylation sites (N-methyl/N-ethyl adjacent to an activating group) is 1. The predicted octanol–water partition coefficient (Wildman–Crippen LogP) is 3.18. The fraction of sp³-hybridized carbons (Fsp3) is 0.286. The Balaban J connectivity index is 1.62. The Labute approximate surface area is 169 Å². The molecule has 0 bridgehead atoms. The molecule has 0 aliphatic carbocycles. The van der Waals surface area contributed by atoms with Crippen LogP contribution >= 0.6 is 11.3 Å². The van der Waals surface area contributed by atoms with Crippen LogP contribution in [-0.2, 0) is 11.2 Å². The molecule has 0 saturated heterocycles. The van der Waals surface area contributed by atoms with Crippen molar-refractivity contribution in [1.82, 2.24) is 20.2 Å². The zero-order valence-corrected chi connectivity index (χ0v) is 17.1. The predicted molar refractivity (Wildman–Crippen MR) is 111 cm³/mol. The van der Waals surface area contributed by atoms with E-state index in [1.165, 1.54) is 11.3 Å². The van der Waals surface area contributed by atoms with Gasteiger partial charge in [0.25, 0.3) is 0 Å². The number of carbonyl (C=O) groups is 1. The Morgan fingerprint density at radius 1 is 1.21 bits per heavy atom. The molecule has 1 atom stereocenters. The highest BCUT2D eigenvalue weighted by molar-refractivity contribution is 7.13. The topological polar surface area (TPSA) is 67.3 Å². The molecule has 0 saturated carbocycles. The molecule has 0 spiro atoms. The van der Waals surface area contributed by atoms with Gasteiger partial charge >= 0.3 is 0 Å². The summed E-state index contributed by atoms with van der Waals surface area (Å²) in [5, 5.41) is 5.76. The van der Waals surface area contributed by atoms with Crippen LogP contribution in [0.4, 0.5) is 0 Å². The van der Waals surface area contributed by atoms with E-state index < -0.39 is 0 Å². The van der Waals surface area contributed by atoms with Crippen LogP contribution in [0.5, 0.6) is 5.75 Å². The van der Waals surface area contributed by atoms with Gasteiger partial charge in [-0.05, 0) is 32.3 Å². The van der Waals surface area contributed by atoms with Crippen LogP contribution in [0, 0.1) is 0 Å². The summed E-state index contributed by atoms with van der Waals surface area (Å²) >= 11 is 1.50. The van der Waals surface area contributed by atoms with Crippen molar-refractivity contribution >= 4 is 17.2 Å². The van der Waals surface area contributed by atoms with E-state index >= 15 is 0 Å². The second-order valence-corrected chi connectivity index (χ2v) is 7.42. The van der Waals surface area contributed by atoms with Gasteiger partial charge in [0.1, 0.15) is 10.8 Å². The Morgan fingerprint density at radius 3 is 2.71 bits per heavy atom. The summed E-state index contributed by atoms with van der Waals surface area (Å²) in [7, 11) is 5.64. The van der Waals surface area contributed by atoms with Gasteiger partial charge in [-0.2, -0.15) is 0 Å². The number of rotatable bonds is 8. The van der Waals surface area contributed by atoms with Crippen molar-refractivity contribution in [2.75, 3.05) is 27.7 Å². The lowest BCUT2D eigenvalue weighted by atomic mass is 10.0. The quantitative estimate of drug-likeness (QED) is 0.633. The minimum absolute atomic E-state index is 0.0135. The number of nitrogens with zero attached hydrogens (tertiary/aromatic N) is 3. The lowest BCUT2D eigenvalue weighted by Gasteiger charge is -2.26. The summed E-state index contributed by atoms with van der Waals surface area (Å²) < 4.78 is 5.47. The maximum Gasteiger partial charge on any atom is 0.226 e. The Morgan fingerprint density at radius 2 is 2.00 bits per heavy atom. The second-order valence-electron chi connectivity index (χ2n) is 6.56. The highest BCUT2D eigenvalue weighted by Crippen LogP contribution is 2.27. The fourth-order valence-electron chi connectivity index (χ4n) is 2.95. The number of pyridine rings is 1. The van der Waals surface area contributed by atoms with Crippen LogP contribution < -0.4 is 10.1 Å². The highest BCUT2D eigenvalue weighted by atomic mass is 32.1. The van der Waals surface area contributed by atoms with E-state index in [0.29, 0.717) is 6.54 Å². The first-order valence-corrected chi connectivity index (χ1v) is 9.88. The first-order chi connectivity index (χ1) is 13.6. The molecule has 0 aliphatic rings. The van der Waals surface area contributed by atoms with E-state index in [0.717, 1.165) is 27.7 Å². The summed E-state index contributed by atoms with van der Waals surface area (Å²) in [5.74, 6) is 0.759. The van der Waals surface area contributed by atoms with E-state index in [-0.39, 0.29) is 18.4 Å². The first kappa shape index (κ1) is 20.0. The fourth-order valence-corrected chi connectivity index (χ4v) is 3.74. The van der Waals surface area contributed by atoms with Crippen molar-refractivity contribution in [1.29, 1.82) is 0 Å². The lowest BCUT2D eigenvalue weighted by Crippen LogP contribution is -2.35. The number of ether oxygens (including phenoxy) is 1. The number of aromatic nitrogens is 2. The molecule has 2 aromatic heterocycles. The monoisotopic (exact) mass is 396 g/mol. The summed E-state index contributed by atoms with van der Waals surface area (Å²) in [6, 6.07) is 13.6. The molecule has 6 nitrogen and oxygen atoms in total. The minimum Gasteiger partial charge on any atom is -0.496 e. The van der Waals surface area contributed by atoms with Crippen molar-refractivity contribution in [3.8, 4) is 16.5 Å². The number of amides is 1. The molecule has 0 fully saturated rings. The van der Waals surface area contributed by atoms with Crippen LogP contribution in [0.15, 0.2) is 54.0 Å². The molecule has 1 unspecified atom stereocenters. The number of benzene rings is 1. The summed E-state index contributed by atoms with van der Waals surface area (Å²) in [6.07, 6.45) is 1.98. The Hall–Kier alpha value is -2.77. The lowest BCUT2D eigenvalue weighted by molar-refractivity contribution is -0.120. The Kier molecular flexibility index (Phi) is 6.73. The minimum atomic E-state index is -0.0559. The number of carbonyl (C=O) groups excluding carboxylic acids is 1. The van der Waals surface area contributed by atoms with E-state index in [4.69, 9.17) is 4.74 Å². The van der Waals surface area contributed by atoms with Gasteiger partial charge in [0.15, 0.2) is 0 Å². The molecule has 28 heavy (non-hydrogen) atoms. The first-order valence-electron chi connectivity index (χ1n) is 9.00. The molecule has 7 heteroatoms. The molecule has 0 aliphatic heterocycles. The van der Waals surface area contributed by atoms with Crippen molar-refractivity contribution in [3.05, 3.63) is 65.3 Å². The average Bonchev–Trinajstić information content (AvgIpc) is 3.17. The number of hydrogen-bond donors (Lipinski definition) is 1. The van der Waals surface area contributed by atoms with Crippen molar-refractivity contribution < 1.29 is 9.53 Å². The number of methoxy groups -OCH3 is 1. The normalized spacial score (nSPS) is 12.0. The largest absolute Gasteiger partial charge is 0.496 e. The van der Waals surface area contributed by atoms with Gasteiger partial charge in [-0.15, -0.1) is 11.3 Å². The van der Waals surface area contributed by atoms with Crippen molar-refractivity contribution in [3.63, 3.8) is 0 Å². The SMILES string of the molecule is COc1ccccc1C(CNC(=O)Cc1csc(-c2ccccn2)n1)N(C)C. The van der Waals surface area contributed by atoms with Crippen LogP contribution in [0.1, 0.15) is 17.3 Å². The Bertz CT molecular complexity index is 912. The molecule has 3 rings (SSSR count). The standard InChI is InChI=1S/C21H24N4O2S/c1-25(2)18(16-8-4-5-10-19(16)27-3)13-23-20(26)12-15-14-28-21(24-15)17-9-6-7-11-22-17/h4-11,14,18H,12-13H2,1-3H3,(H,23,26). The zero-order chi connectivity index (χ0) is 19.9. The third-order valence-corrected chi connectivity index (χ3v) is 5.30. The number of nitrogens with one attached hydrogen (secondary N) is 1. The van der Waals surface area contributed by atoms with Crippen LogP contribution in [0.25, 0.3) is 10.7 Å². The second kappa shape index (κ2) is 9.43. The summed E-state index contributed by atoms with van der Waals surface area (Å²) in [6.45, 7) is 0.490. The highest BCUT2D eigenvalue weighted by Gasteiger charge is 2.19. The van der Waals surface area contributed by atoms with Crippen LogP contribution in [0.3, 0.4) is 0 Å². The number of hydrogen-bond acceptors (Lipinski definition) is 6. The molecule has 1 aromatic carbocycles. The van der Waals surface area contributed by atoms with Crippen molar-refractivity contribution in [2.24, 2.45) is 0 Å². The van der Waals surface area contributed by atoms with Gasteiger partial charge in [0.05, 0.1) is 31.0 Å². The maximum absolute atomic E-state index is 12.5. The molecule has 1 amide bonds. The van der Waals surface area contributed by atoms with E-state index in [1.807, 2.05) is 61.9 Å². The van der Waals surface area contributed by atoms with Gasteiger partial charge in [-0.1, -0.05) is 24.3 Å². The molecule has 3 aromatic rings. The van der Waals surface area contributed by atoms with Crippen LogP contribution in [-0.4, -0.2) is 48.5 Å². The molecule has 2 heterocycles. The number of para-hydroxylation sites is 1. The molecule has 1 N–H and O–H groups in total.